The Kier molecular flexibility index (Phi) is 5.55. The second kappa shape index (κ2) is 8.68. The van der Waals surface area contributed by atoms with Crippen LogP contribution in [-0.4, -0.2) is 11.1 Å². The predicted octanol–water partition coefficient (Wildman–Crippen LogP) is 4.91. The fraction of sp³-hybridized carbons (Fsp3) is 0.185. The number of amides is 1. The highest BCUT2D eigenvalue weighted by molar-refractivity contribution is 5.99. The number of rotatable bonds is 5. The minimum Gasteiger partial charge on any atom is -0.440 e. The number of hydrogen-bond acceptors (Lipinski definition) is 6. The summed E-state index contributed by atoms with van der Waals surface area (Å²) in [5.74, 6) is -0.0714. The van der Waals surface area contributed by atoms with Gasteiger partial charge in [0.15, 0.2) is 5.43 Å². The summed E-state index contributed by atoms with van der Waals surface area (Å²) in [5.41, 5.74) is 7.18. The number of para-hydroxylation sites is 1. The van der Waals surface area contributed by atoms with Gasteiger partial charge in [-0.05, 0) is 48.7 Å². The maximum absolute atomic E-state index is 13.1. The number of fused-ring (bicyclic) bond motifs is 2. The third kappa shape index (κ3) is 3.91. The number of carbonyl (C=O) groups is 1. The molecule has 1 aromatic heterocycles. The molecule has 7 heteroatoms. The van der Waals surface area contributed by atoms with E-state index in [9.17, 15) is 9.59 Å². The molecule has 1 aliphatic rings. The van der Waals surface area contributed by atoms with Crippen LogP contribution in [0.4, 0.5) is 11.6 Å². The minimum absolute atomic E-state index is 0.0931. The van der Waals surface area contributed by atoms with Crippen molar-refractivity contribution in [3.05, 3.63) is 105 Å². The van der Waals surface area contributed by atoms with Gasteiger partial charge in [0.25, 0.3) is 5.91 Å². The summed E-state index contributed by atoms with van der Waals surface area (Å²) in [6, 6.07) is 20.2. The van der Waals surface area contributed by atoms with Crippen molar-refractivity contribution in [2.75, 3.05) is 10.2 Å². The molecule has 3 N–H and O–H groups in total. The molecule has 0 fully saturated rings. The summed E-state index contributed by atoms with van der Waals surface area (Å²) in [5, 5.41) is 12.9. The number of hydrogen-bond donors (Lipinski definition) is 3. The Balaban J connectivity index is 1.55. The first kappa shape index (κ1) is 21.7. The first-order valence-corrected chi connectivity index (χ1v) is 11.1. The molecule has 1 unspecified atom stereocenters. The summed E-state index contributed by atoms with van der Waals surface area (Å²) in [6.45, 7) is 5.25. The van der Waals surface area contributed by atoms with E-state index < -0.39 is 5.91 Å². The van der Waals surface area contributed by atoms with Crippen LogP contribution in [-0.2, 0) is 13.1 Å². The number of nitrogens with one attached hydrogen (secondary N) is 2. The van der Waals surface area contributed by atoms with E-state index in [0.29, 0.717) is 41.2 Å². The van der Waals surface area contributed by atoms with Crippen molar-refractivity contribution in [1.29, 1.82) is 0 Å². The van der Waals surface area contributed by atoms with E-state index in [2.05, 4.69) is 22.3 Å². The molecule has 0 spiro atoms. The molecule has 0 radical (unpaired) electrons. The zero-order valence-corrected chi connectivity index (χ0v) is 19.0. The third-order valence-electron chi connectivity index (χ3n) is 6.25. The van der Waals surface area contributed by atoms with E-state index in [-0.39, 0.29) is 11.5 Å². The molecule has 3 aromatic carbocycles. The van der Waals surface area contributed by atoms with Crippen molar-refractivity contribution in [3.8, 4) is 0 Å². The molecular weight excluding hydrogens is 430 g/mol. The van der Waals surface area contributed by atoms with Gasteiger partial charge in [-0.25, -0.2) is 5.48 Å². The highest BCUT2D eigenvalue weighted by Gasteiger charge is 2.23. The number of aryl methyl sites for hydroxylation is 1. The van der Waals surface area contributed by atoms with Crippen LogP contribution in [0.15, 0.2) is 75.9 Å². The summed E-state index contributed by atoms with van der Waals surface area (Å²) in [6.07, 6.45) is 0. The maximum Gasteiger partial charge on any atom is 0.276 e. The molecule has 0 saturated heterocycles. The molecule has 2 heterocycles. The van der Waals surface area contributed by atoms with Crippen LogP contribution in [0.3, 0.4) is 0 Å². The molecule has 5 rings (SSSR count). The molecule has 0 aliphatic carbocycles. The average Bonchev–Trinajstić information content (AvgIpc) is 3.28. The smallest absolute Gasteiger partial charge is 0.276 e. The van der Waals surface area contributed by atoms with Gasteiger partial charge in [-0.2, -0.15) is 0 Å². The lowest BCUT2D eigenvalue weighted by Crippen LogP contribution is -2.21. The lowest BCUT2D eigenvalue weighted by molar-refractivity contribution is 0.0707. The van der Waals surface area contributed by atoms with Crippen molar-refractivity contribution in [3.63, 3.8) is 0 Å². The molecule has 7 nitrogen and oxygen atoms in total. The lowest BCUT2D eigenvalue weighted by atomic mass is 10.0. The molecule has 172 valence electrons. The van der Waals surface area contributed by atoms with E-state index >= 15 is 0 Å². The van der Waals surface area contributed by atoms with Crippen LogP contribution in [0, 0.1) is 6.92 Å². The Hall–Kier alpha value is -4.10. The van der Waals surface area contributed by atoms with Gasteiger partial charge in [0.2, 0.25) is 5.88 Å². The van der Waals surface area contributed by atoms with Crippen molar-refractivity contribution in [2.24, 2.45) is 0 Å². The number of carbonyl (C=O) groups excluding carboxylic acids is 1. The Morgan fingerprint density at radius 1 is 1.03 bits per heavy atom. The maximum atomic E-state index is 13.1. The number of hydroxylamine groups is 1. The average molecular weight is 456 g/mol. The van der Waals surface area contributed by atoms with Gasteiger partial charge in [0.1, 0.15) is 5.58 Å². The largest absolute Gasteiger partial charge is 0.440 e. The zero-order valence-electron chi connectivity index (χ0n) is 19.0. The lowest BCUT2D eigenvalue weighted by Gasteiger charge is -2.21. The molecule has 1 aliphatic heterocycles. The van der Waals surface area contributed by atoms with Gasteiger partial charge in [-0.3, -0.25) is 14.8 Å². The highest BCUT2D eigenvalue weighted by atomic mass is 16.5. The van der Waals surface area contributed by atoms with Gasteiger partial charge in [-0.1, -0.05) is 42.5 Å². The molecule has 1 amide bonds. The Bertz CT molecular complexity index is 1440. The summed E-state index contributed by atoms with van der Waals surface area (Å²) in [7, 11) is 0. The van der Waals surface area contributed by atoms with E-state index in [1.54, 1.807) is 35.8 Å². The quantitative estimate of drug-likeness (QED) is 0.292. The zero-order chi connectivity index (χ0) is 23.8. The molecule has 34 heavy (non-hydrogen) atoms. The van der Waals surface area contributed by atoms with Gasteiger partial charge in [0.05, 0.1) is 17.0 Å². The van der Waals surface area contributed by atoms with E-state index in [1.807, 2.05) is 38.1 Å². The van der Waals surface area contributed by atoms with Crippen LogP contribution in [0.1, 0.15) is 45.6 Å². The topological polar surface area (TPSA) is 94.8 Å². The summed E-state index contributed by atoms with van der Waals surface area (Å²) in [4.78, 5) is 27.3. The Morgan fingerprint density at radius 2 is 1.71 bits per heavy atom. The second-order valence-corrected chi connectivity index (χ2v) is 8.66. The van der Waals surface area contributed by atoms with E-state index in [0.717, 1.165) is 11.1 Å². The number of nitrogens with zero attached hydrogens (tertiary/aromatic N) is 1. The van der Waals surface area contributed by atoms with Crippen molar-refractivity contribution in [1.82, 2.24) is 5.48 Å². The van der Waals surface area contributed by atoms with E-state index in [4.69, 9.17) is 9.62 Å². The van der Waals surface area contributed by atoms with Crippen molar-refractivity contribution >= 4 is 28.4 Å². The molecule has 1 atom stereocenters. The summed E-state index contributed by atoms with van der Waals surface area (Å²) >= 11 is 0. The van der Waals surface area contributed by atoms with Gasteiger partial charge in [0, 0.05) is 30.4 Å². The fourth-order valence-corrected chi connectivity index (χ4v) is 4.57. The van der Waals surface area contributed by atoms with Crippen LogP contribution in [0.25, 0.3) is 11.0 Å². The SMILES string of the molecule is Cc1cc(C(C)Nc2ccccc2C(=O)NO)c2oc(N3Cc4ccccc4C3)cc(=O)c2c1. The predicted molar refractivity (Wildman–Crippen MR) is 131 cm³/mol. The standard InChI is InChI=1S/C27H25N3O4/c1-16-11-21(17(2)28-23-10-6-5-9-20(23)27(32)29-33)26-22(12-16)24(31)13-25(34-26)30-14-18-7-3-4-8-19(18)15-30/h3-13,17,28,33H,14-15H2,1-2H3,(H,29,32). The van der Waals surface area contributed by atoms with E-state index in [1.165, 1.54) is 11.1 Å². The Morgan fingerprint density at radius 3 is 2.41 bits per heavy atom. The number of benzene rings is 3. The first-order chi connectivity index (χ1) is 16.4. The highest BCUT2D eigenvalue weighted by Crippen LogP contribution is 2.33. The second-order valence-electron chi connectivity index (χ2n) is 8.66. The van der Waals surface area contributed by atoms with Crippen LogP contribution < -0.4 is 21.1 Å². The molecule has 0 bridgehead atoms. The molecule has 4 aromatic rings. The number of anilines is 2. The molecule has 0 saturated carbocycles. The molecular formula is C27H25N3O4. The van der Waals surface area contributed by atoms with Gasteiger partial charge >= 0.3 is 0 Å². The van der Waals surface area contributed by atoms with Gasteiger partial charge < -0.3 is 14.6 Å². The third-order valence-corrected chi connectivity index (χ3v) is 6.25. The first-order valence-electron chi connectivity index (χ1n) is 11.1. The summed E-state index contributed by atoms with van der Waals surface area (Å²) < 4.78 is 6.37. The fourth-order valence-electron chi connectivity index (χ4n) is 4.57. The van der Waals surface area contributed by atoms with Gasteiger partial charge in [-0.15, -0.1) is 0 Å². The van der Waals surface area contributed by atoms with Crippen LogP contribution in [0.2, 0.25) is 0 Å². The van der Waals surface area contributed by atoms with Crippen molar-refractivity contribution < 1.29 is 14.4 Å². The Labute approximate surface area is 196 Å². The monoisotopic (exact) mass is 455 g/mol. The van der Waals surface area contributed by atoms with Crippen LogP contribution >= 0.6 is 0 Å². The van der Waals surface area contributed by atoms with Crippen LogP contribution in [0.5, 0.6) is 0 Å². The normalized spacial score (nSPS) is 13.6. The van der Waals surface area contributed by atoms with Crippen molar-refractivity contribution in [2.45, 2.75) is 33.0 Å². The minimum atomic E-state index is -0.605.